The standard InChI is InChI=1S/C75H92O14/c1-7-9-11-13-20-24-28-54(3)84-72(78)60-36-32-56(33-37-60)58-40-46-64(47-41-58)86-74(80)62-44-50-66(68(52-62)82-5)88-70(76)30-26-22-18-16-15-17-19-23-27-31-71(77)89-67-51-45-63(53-69(67)83-6)75(81)87-65-48-42-59(43-49-65)57-34-38-61(39-35-57)73(79)85-55(4)29-25-21-14-12-10-8-2/h32-55H,7-31H2,1-6H3. The summed E-state index contributed by atoms with van der Waals surface area (Å²) in [4.78, 5) is 77.3. The molecule has 0 N–H and O–H groups in total. The van der Waals surface area contributed by atoms with Gasteiger partial charge in [0.15, 0.2) is 23.0 Å². The highest BCUT2D eigenvalue weighted by atomic mass is 16.6. The molecule has 0 aliphatic heterocycles. The lowest BCUT2D eigenvalue weighted by Gasteiger charge is -2.13. The van der Waals surface area contributed by atoms with Gasteiger partial charge in [0.2, 0.25) is 0 Å². The number of carbonyl (C=O) groups excluding carboxylic acids is 6. The van der Waals surface area contributed by atoms with Crippen molar-refractivity contribution in [2.75, 3.05) is 14.2 Å². The van der Waals surface area contributed by atoms with E-state index in [1.807, 2.05) is 62.4 Å². The first-order valence-electron chi connectivity index (χ1n) is 32.3. The maximum absolute atomic E-state index is 13.1. The molecule has 0 aromatic heterocycles. The van der Waals surface area contributed by atoms with Gasteiger partial charge in [0.1, 0.15) is 11.5 Å². The summed E-state index contributed by atoms with van der Waals surface area (Å²) in [7, 11) is 2.88. The normalized spacial score (nSPS) is 11.7. The van der Waals surface area contributed by atoms with E-state index in [4.69, 9.17) is 37.9 Å². The third kappa shape index (κ3) is 24.7. The van der Waals surface area contributed by atoms with Crippen molar-refractivity contribution in [3.8, 4) is 56.8 Å². The van der Waals surface area contributed by atoms with Crippen molar-refractivity contribution >= 4 is 35.8 Å². The lowest BCUT2D eigenvalue weighted by atomic mass is 10.0. The maximum Gasteiger partial charge on any atom is 0.343 e. The molecular weight excluding hydrogens is 1120 g/mol. The van der Waals surface area contributed by atoms with Gasteiger partial charge in [0, 0.05) is 12.8 Å². The van der Waals surface area contributed by atoms with Crippen molar-refractivity contribution < 1.29 is 66.7 Å². The van der Waals surface area contributed by atoms with Crippen LogP contribution < -0.4 is 28.4 Å². The SMILES string of the molecule is CCCCCCCCC(C)OC(=O)c1ccc(-c2ccc(OC(=O)c3ccc(OC(=O)CCCCCCCCCCCC(=O)Oc4ccc(C(=O)Oc5ccc(-c6ccc(C(=O)OC(C)CCCCCCCC)cc6)cc5)cc4OC)c(OC)c3)cc2)cc1. The zero-order valence-electron chi connectivity index (χ0n) is 53.2. The zero-order valence-corrected chi connectivity index (χ0v) is 53.2. The number of rotatable bonds is 40. The van der Waals surface area contributed by atoms with Crippen LogP contribution in [0, 0.1) is 0 Å². The van der Waals surface area contributed by atoms with E-state index in [1.54, 1.807) is 48.5 Å². The molecule has 14 heteroatoms. The summed E-state index contributed by atoms with van der Waals surface area (Å²) >= 11 is 0. The van der Waals surface area contributed by atoms with Crippen LogP contribution >= 0.6 is 0 Å². The smallest absolute Gasteiger partial charge is 0.343 e. The number of ether oxygens (including phenoxy) is 8. The van der Waals surface area contributed by atoms with Gasteiger partial charge in [-0.2, -0.15) is 0 Å². The van der Waals surface area contributed by atoms with Gasteiger partial charge < -0.3 is 37.9 Å². The highest BCUT2D eigenvalue weighted by Crippen LogP contribution is 2.32. The summed E-state index contributed by atoms with van der Waals surface area (Å²) in [6.45, 7) is 8.30. The fraction of sp³-hybridized carbons (Fsp3) is 0.440. The Morgan fingerprint density at radius 1 is 0.315 bits per heavy atom. The largest absolute Gasteiger partial charge is 0.493 e. The molecule has 0 fully saturated rings. The van der Waals surface area contributed by atoms with Crippen LogP contribution in [0.1, 0.15) is 230 Å². The van der Waals surface area contributed by atoms with E-state index in [2.05, 4.69) is 13.8 Å². The third-order valence-corrected chi connectivity index (χ3v) is 15.6. The van der Waals surface area contributed by atoms with Crippen molar-refractivity contribution in [1.29, 1.82) is 0 Å². The van der Waals surface area contributed by atoms with E-state index in [9.17, 15) is 28.8 Å². The topological polar surface area (TPSA) is 176 Å². The summed E-state index contributed by atoms with van der Waals surface area (Å²) in [5, 5.41) is 0. The maximum atomic E-state index is 13.1. The fourth-order valence-corrected chi connectivity index (χ4v) is 10.3. The van der Waals surface area contributed by atoms with Gasteiger partial charge >= 0.3 is 35.8 Å². The monoisotopic (exact) mass is 1220 g/mol. The van der Waals surface area contributed by atoms with Crippen LogP contribution in [0.4, 0.5) is 0 Å². The Hall–Kier alpha value is -8.26. The molecule has 0 amide bonds. The number of benzene rings is 6. The molecule has 0 spiro atoms. The molecule has 0 aliphatic carbocycles. The van der Waals surface area contributed by atoms with Crippen molar-refractivity contribution in [1.82, 2.24) is 0 Å². The van der Waals surface area contributed by atoms with Gasteiger partial charge in [-0.25, -0.2) is 19.2 Å². The van der Waals surface area contributed by atoms with Gasteiger partial charge in [-0.05, 0) is 160 Å². The van der Waals surface area contributed by atoms with Gasteiger partial charge in [-0.1, -0.05) is 172 Å². The Bertz CT molecular complexity index is 2920. The van der Waals surface area contributed by atoms with E-state index < -0.39 is 11.9 Å². The molecular formula is C75H92O14. The molecule has 6 aromatic rings. The van der Waals surface area contributed by atoms with Crippen LogP contribution in [0.5, 0.6) is 34.5 Å². The number of carbonyl (C=O) groups is 6. The van der Waals surface area contributed by atoms with Crippen LogP contribution in [-0.4, -0.2) is 62.2 Å². The molecule has 0 aliphatic rings. The number of esters is 6. The van der Waals surface area contributed by atoms with E-state index in [0.29, 0.717) is 35.5 Å². The Morgan fingerprint density at radius 3 is 0.933 bits per heavy atom. The predicted octanol–water partition coefficient (Wildman–Crippen LogP) is 18.9. The summed E-state index contributed by atoms with van der Waals surface area (Å²) < 4.78 is 44.8. The fourth-order valence-electron chi connectivity index (χ4n) is 10.3. The lowest BCUT2D eigenvalue weighted by Crippen LogP contribution is -2.15. The summed E-state index contributed by atoms with van der Waals surface area (Å²) in [6.07, 6.45) is 24.4. The number of unbranched alkanes of at least 4 members (excludes halogenated alkanes) is 18. The van der Waals surface area contributed by atoms with E-state index >= 15 is 0 Å². The van der Waals surface area contributed by atoms with E-state index in [0.717, 1.165) is 106 Å². The Morgan fingerprint density at radius 2 is 0.607 bits per heavy atom. The number of hydrogen-bond acceptors (Lipinski definition) is 14. The molecule has 6 aromatic carbocycles. The van der Waals surface area contributed by atoms with Crippen LogP contribution in [0.3, 0.4) is 0 Å². The summed E-state index contributed by atoms with van der Waals surface area (Å²) in [5.74, 6) is -1.05. The second-order valence-electron chi connectivity index (χ2n) is 22.9. The first-order valence-corrected chi connectivity index (χ1v) is 32.3. The molecule has 0 saturated carbocycles. The van der Waals surface area contributed by atoms with Gasteiger partial charge in [0.05, 0.1) is 48.7 Å². The molecule has 14 nitrogen and oxygen atoms in total. The molecule has 2 unspecified atom stereocenters. The number of hydrogen-bond donors (Lipinski definition) is 0. The van der Waals surface area contributed by atoms with Crippen LogP contribution in [-0.2, 0) is 19.1 Å². The van der Waals surface area contributed by atoms with Gasteiger partial charge in [0.25, 0.3) is 0 Å². The highest BCUT2D eigenvalue weighted by Gasteiger charge is 2.20. The molecule has 0 radical (unpaired) electrons. The summed E-state index contributed by atoms with van der Waals surface area (Å²) in [5.41, 5.74) is 5.01. The molecule has 89 heavy (non-hydrogen) atoms. The lowest BCUT2D eigenvalue weighted by molar-refractivity contribution is -0.135. The second-order valence-corrected chi connectivity index (χ2v) is 22.9. The van der Waals surface area contributed by atoms with Gasteiger partial charge in [-0.3, -0.25) is 9.59 Å². The van der Waals surface area contributed by atoms with E-state index in [1.165, 1.54) is 102 Å². The Kier molecular flexibility index (Phi) is 30.5. The number of methoxy groups -OCH3 is 2. The first-order chi connectivity index (χ1) is 43.3. The minimum absolute atomic E-state index is 0.138. The van der Waals surface area contributed by atoms with Crippen LogP contribution in [0.2, 0.25) is 0 Å². The average molecular weight is 1220 g/mol. The minimum atomic E-state index is -0.599. The quantitative estimate of drug-likeness (QED) is 0.0202. The van der Waals surface area contributed by atoms with Crippen molar-refractivity contribution in [3.05, 3.63) is 156 Å². The average Bonchev–Trinajstić information content (AvgIpc) is 3.62. The summed E-state index contributed by atoms with van der Waals surface area (Å²) in [6, 6.07) is 37.7. The molecule has 6 rings (SSSR count). The van der Waals surface area contributed by atoms with Crippen LogP contribution in [0.25, 0.3) is 22.3 Å². The molecule has 0 heterocycles. The van der Waals surface area contributed by atoms with Gasteiger partial charge in [-0.15, -0.1) is 0 Å². The van der Waals surface area contributed by atoms with E-state index in [-0.39, 0.29) is 83.1 Å². The molecule has 0 bridgehead atoms. The molecule has 0 saturated heterocycles. The predicted molar refractivity (Wildman–Crippen MR) is 347 cm³/mol. The molecule has 476 valence electrons. The van der Waals surface area contributed by atoms with Crippen molar-refractivity contribution in [2.24, 2.45) is 0 Å². The van der Waals surface area contributed by atoms with Crippen LogP contribution in [0.15, 0.2) is 133 Å². The third-order valence-electron chi connectivity index (χ3n) is 15.6. The highest BCUT2D eigenvalue weighted by molar-refractivity contribution is 5.94. The first kappa shape index (κ1) is 69.8. The molecule has 2 atom stereocenters. The zero-order chi connectivity index (χ0) is 63.6. The second kappa shape index (κ2) is 38.9. The van der Waals surface area contributed by atoms with Crippen molar-refractivity contribution in [2.45, 2.75) is 200 Å². The van der Waals surface area contributed by atoms with Crippen molar-refractivity contribution in [3.63, 3.8) is 0 Å². The minimum Gasteiger partial charge on any atom is -0.493 e. The Balaban J connectivity index is 0.800. The Labute approximate surface area is 527 Å².